The van der Waals surface area contributed by atoms with Crippen molar-refractivity contribution >= 4 is 38.6 Å². The summed E-state index contributed by atoms with van der Waals surface area (Å²) in [7, 11) is 0. The molecule has 0 bridgehead atoms. The third-order valence-corrected chi connectivity index (χ3v) is 8.95. The molecule has 0 spiro atoms. The molecule has 208 valence electrons. The van der Waals surface area contributed by atoms with E-state index in [1.807, 2.05) is 24.4 Å². The third kappa shape index (κ3) is 4.76. The van der Waals surface area contributed by atoms with E-state index in [0.717, 1.165) is 79.1 Å². The molecule has 0 radical (unpaired) electrons. The van der Waals surface area contributed by atoms with Gasteiger partial charge in [-0.15, -0.1) is 0 Å². The van der Waals surface area contributed by atoms with Crippen LogP contribution in [0.5, 0.6) is 11.5 Å². The van der Waals surface area contributed by atoms with Crippen LogP contribution in [0.2, 0.25) is 5.02 Å². The van der Waals surface area contributed by atoms with Gasteiger partial charge in [0.15, 0.2) is 11.5 Å². The van der Waals surface area contributed by atoms with Crippen LogP contribution in [0.3, 0.4) is 0 Å². The molecule has 2 aromatic heterocycles. The number of benzene rings is 2. The minimum Gasteiger partial charge on any atom is -0.444 e. The zero-order valence-electron chi connectivity index (χ0n) is 22.1. The molecule has 7 rings (SSSR count). The molecule has 2 atom stereocenters. The predicted octanol–water partition coefficient (Wildman–Crippen LogP) is 6.80. The fourth-order valence-corrected chi connectivity index (χ4v) is 6.52. The van der Waals surface area contributed by atoms with Gasteiger partial charge in [0.05, 0.1) is 42.0 Å². The predicted molar refractivity (Wildman–Crippen MR) is 153 cm³/mol. The summed E-state index contributed by atoms with van der Waals surface area (Å²) < 4.78 is 36.1. The van der Waals surface area contributed by atoms with Gasteiger partial charge in [0.1, 0.15) is 16.2 Å². The fraction of sp³-hybridized carbons (Fsp3) is 0.400. The van der Waals surface area contributed by atoms with E-state index in [2.05, 4.69) is 36.4 Å². The van der Waals surface area contributed by atoms with Crippen LogP contribution in [0.4, 0.5) is 4.39 Å². The molecule has 2 fully saturated rings. The van der Waals surface area contributed by atoms with Crippen molar-refractivity contribution in [1.29, 1.82) is 0 Å². The molecule has 7 nitrogen and oxygen atoms in total. The Morgan fingerprint density at radius 3 is 2.70 bits per heavy atom. The normalized spacial score (nSPS) is 23.1. The molecule has 5 heterocycles. The van der Waals surface area contributed by atoms with E-state index in [-0.39, 0.29) is 6.10 Å². The molecule has 3 aliphatic heterocycles. The Kier molecular flexibility index (Phi) is 6.73. The van der Waals surface area contributed by atoms with Crippen LogP contribution in [0.1, 0.15) is 49.1 Å². The molecule has 10 heteroatoms. The number of hydrogen-bond donors (Lipinski definition) is 0. The number of para-hydroxylation sites is 1. The van der Waals surface area contributed by atoms with Gasteiger partial charge in [-0.05, 0) is 84.5 Å². The molecule has 40 heavy (non-hydrogen) atoms. The van der Waals surface area contributed by atoms with Crippen LogP contribution in [0.25, 0.3) is 11.0 Å². The molecule has 0 amide bonds. The van der Waals surface area contributed by atoms with Crippen molar-refractivity contribution in [1.82, 2.24) is 19.4 Å². The summed E-state index contributed by atoms with van der Waals surface area (Å²) in [6.45, 7) is 6.01. The second-order valence-electron chi connectivity index (χ2n) is 10.9. The Hall–Kier alpha value is -2.72. The van der Waals surface area contributed by atoms with E-state index in [1.54, 1.807) is 19.1 Å². The Labute approximate surface area is 245 Å². The zero-order chi connectivity index (χ0) is 27.4. The number of aromatic nitrogens is 3. The quantitative estimate of drug-likeness (QED) is 0.219. The van der Waals surface area contributed by atoms with Crippen molar-refractivity contribution in [3.63, 3.8) is 0 Å². The van der Waals surface area contributed by atoms with Gasteiger partial charge < -0.3 is 18.8 Å². The van der Waals surface area contributed by atoms with E-state index in [0.29, 0.717) is 28.0 Å². The highest BCUT2D eigenvalue weighted by Crippen LogP contribution is 2.49. The highest BCUT2D eigenvalue weighted by atomic mass is 79.9. The number of hydrogen-bond acceptors (Lipinski definition) is 6. The first kappa shape index (κ1) is 26.2. The van der Waals surface area contributed by atoms with E-state index in [4.69, 9.17) is 30.8 Å². The minimum atomic E-state index is -1.25. The van der Waals surface area contributed by atoms with Crippen LogP contribution in [-0.2, 0) is 23.6 Å². The Bertz CT molecular complexity index is 1590. The number of ether oxygens (including phenoxy) is 3. The molecule has 2 aromatic carbocycles. The summed E-state index contributed by atoms with van der Waals surface area (Å²) >= 11 is 9.45. The van der Waals surface area contributed by atoms with Crippen LogP contribution in [0, 0.1) is 5.82 Å². The molecule has 2 saturated heterocycles. The van der Waals surface area contributed by atoms with Crippen molar-refractivity contribution in [3.8, 4) is 11.5 Å². The number of likely N-dealkylation sites (tertiary alicyclic amines) is 1. The lowest BCUT2D eigenvalue weighted by Crippen LogP contribution is -2.35. The minimum absolute atomic E-state index is 0.236. The number of pyridine rings is 1. The number of rotatable bonds is 6. The maximum absolute atomic E-state index is 14.8. The van der Waals surface area contributed by atoms with E-state index in [9.17, 15) is 4.39 Å². The topological polar surface area (TPSA) is 61.6 Å². The van der Waals surface area contributed by atoms with Crippen LogP contribution in [0.15, 0.2) is 53.3 Å². The van der Waals surface area contributed by atoms with Crippen molar-refractivity contribution < 1.29 is 18.6 Å². The summed E-state index contributed by atoms with van der Waals surface area (Å²) in [6.07, 6.45) is 5.16. The van der Waals surface area contributed by atoms with Gasteiger partial charge in [-0.1, -0.05) is 23.7 Å². The van der Waals surface area contributed by atoms with Crippen LogP contribution >= 0.6 is 27.5 Å². The lowest BCUT2D eigenvalue weighted by atomic mass is 9.88. The van der Waals surface area contributed by atoms with E-state index >= 15 is 0 Å². The molecular weight excluding hydrogens is 599 g/mol. The van der Waals surface area contributed by atoms with Crippen LogP contribution < -0.4 is 9.47 Å². The fourth-order valence-electron chi connectivity index (χ4n) is 6.04. The first-order chi connectivity index (χ1) is 19.4. The molecule has 0 saturated carbocycles. The Morgan fingerprint density at radius 1 is 1.12 bits per heavy atom. The number of imidazole rings is 1. The Morgan fingerprint density at radius 2 is 1.95 bits per heavy atom. The largest absolute Gasteiger partial charge is 0.444 e. The molecule has 3 aliphatic rings. The van der Waals surface area contributed by atoms with Crippen molar-refractivity contribution in [2.45, 2.75) is 57.1 Å². The number of nitrogens with zero attached hydrogens (tertiary/aromatic N) is 4. The molecule has 0 aliphatic carbocycles. The van der Waals surface area contributed by atoms with Gasteiger partial charge in [0.2, 0.25) is 0 Å². The summed E-state index contributed by atoms with van der Waals surface area (Å²) in [5.41, 5.74) is 3.43. The SMILES string of the molecule is C[C@]1(c2ccc(Cl)cc2F)Oc2cccc(C3CCN(Cc4nc5cc(Br)ncc5n4C[C@@H]4CCO4)CC3)c2O1. The Balaban J connectivity index is 1.07. The second kappa shape index (κ2) is 10.3. The first-order valence-corrected chi connectivity index (χ1v) is 14.8. The van der Waals surface area contributed by atoms with Crippen molar-refractivity contribution in [3.05, 3.63) is 81.1 Å². The lowest BCUT2D eigenvalue weighted by molar-refractivity contribution is -0.0712. The molecule has 4 aromatic rings. The van der Waals surface area contributed by atoms with Gasteiger partial charge in [0.25, 0.3) is 5.79 Å². The smallest absolute Gasteiger partial charge is 0.278 e. The van der Waals surface area contributed by atoms with Crippen molar-refractivity contribution in [2.75, 3.05) is 19.7 Å². The summed E-state index contributed by atoms with van der Waals surface area (Å²) in [6, 6.07) is 12.5. The van der Waals surface area contributed by atoms with E-state index in [1.165, 1.54) is 6.07 Å². The summed E-state index contributed by atoms with van der Waals surface area (Å²) in [5, 5.41) is 0.337. The highest BCUT2D eigenvalue weighted by molar-refractivity contribution is 9.10. The molecular formula is C30H29BrClFN4O3. The number of piperidine rings is 1. The molecule has 0 N–H and O–H groups in total. The average molecular weight is 628 g/mol. The maximum Gasteiger partial charge on any atom is 0.278 e. The average Bonchev–Trinajstić information content (AvgIpc) is 3.42. The van der Waals surface area contributed by atoms with Gasteiger partial charge >= 0.3 is 0 Å². The maximum atomic E-state index is 14.8. The van der Waals surface area contributed by atoms with Gasteiger partial charge in [-0.2, -0.15) is 0 Å². The number of fused-ring (bicyclic) bond motifs is 2. The lowest BCUT2D eigenvalue weighted by Gasteiger charge is -2.33. The summed E-state index contributed by atoms with van der Waals surface area (Å²) in [5.74, 6) is 1.01. The van der Waals surface area contributed by atoms with Crippen LogP contribution in [-0.4, -0.2) is 45.2 Å². The third-order valence-electron chi connectivity index (χ3n) is 8.28. The van der Waals surface area contributed by atoms with Crippen molar-refractivity contribution in [2.24, 2.45) is 0 Å². The van der Waals surface area contributed by atoms with Gasteiger partial charge in [-0.3, -0.25) is 4.90 Å². The van der Waals surface area contributed by atoms with Gasteiger partial charge in [-0.25, -0.2) is 14.4 Å². The van der Waals surface area contributed by atoms with E-state index < -0.39 is 11.6 Å². The molecule has 0 unspecified atom stereocenters. The zero-order valence-corrected chi connectivity index (χ0v) is 24.4. The summed E-state index contributed by atoms with van der Waals surface area (Å²) in [4.78, 5) is 11.9. The first-order valence-electron chi connectivity index (χ1n) is 13.7. The number of halogens is 3. The monoisotopic (exact) mass is 626 g/mol. The second-order valence-corrected chi connectivity index (χ2v) is 12.2. The van der Waals surface area contributed by atoms with Gasteiger partial charge in [0, 0.05) is 24.1 Å². The highest BCUT2D eigenvalue weighted by Gasteiger charge is 2.43. The standard InChI is InChI=1S/C30H29BrClFN4O3/c1-30(22-6-5-19(32)13-23(22)33)39-26-4-2-3-21(29(26)40-30)18-7-10-36(11-8-18)17-28-35-24-14-27(31)34-15-25(24)37(28)16-20-9-12-38-20/h2-6,13-15,18,20H,7-12,16-17H2,1H3/t20-,30-/m0/s1.